The van der Waals surface area contributed by atoms with Gasteiger partial charge in [0.1, 0.15) is 0 Å². The number of nitrogens with one attached hydrogen (secondary N) is 1. The van der Waals surface area contributed by atoms with Crippen LogP contribution < -0.4 is 5.32 Å². The minimum Gasteiger partial charge on any atom is -0.384 e. The second-order valence-electron chi connectivity index (χ2n) is 4.12. The number of anilines is 1. The molecule has 0 amide bonds. The Kier molecular flexibility index (Phi) is 3.97. The Labute approximate surface area is 97.8 Å². The molecule has 1 rings (SSSR count). The van der Waals surface area contributed by atoms with Crippen molar-refractivity contribution in [2.45, 2.75) is 37.8 Å². The number of aryl methyl sites for hydroxylation is 1. The van der Waals surface area contributed by atoms with E-state index in [0.717, 1.165) is 5.56 Å². The van der Waals surface area contributed by atoms with Gasteiger partial charge in [-0.2, -0.15) is 0 Å². The molecule has 0 spiro atoms. The Hall–Kier alpha value is -1.03. The smallest absolute Gasteiger partial charge is 0.182 e. The SMILES string of the molecule is CCNc1cc(C)ccc1S(=O)(=O)C(C)C. The van der Waals surface area contributed by atoms with E-state index < -0.39 is 15.1 Å². The van der Waals surface area contributed by atoms with Crippen LogP contribution in [0.15, 0.2) is 23.1 Å². The van der Waals surface area contributed by atoms with Gasteiger partial charge in [0, 0.05) is 6.54 Å². The van der Waals surface area contributed by atoms with Gasteiger partial charge in [-0.15, -0.1) is 0 Å². The third kappa shape index (κ3) is 2.55. The fourth-order valence-corrected chi connectivity index (χ4v) is 2.68. The molecular weight excluding hydrogens is 222 g/mol. The van der Waals surface area contributed by atoms with Gasteiger partial charge in [-0.1, -0.05) is 6.07 Å². The molecular formula is C12H19NO2S. The van der Waals surface area contributed by atoms with E-state index in [-0.39, 0.29) is 0 Å². The van der Waals surface area contributed by atoms with Crippen LogP contribution in [-0.4, -0.2) is 20.2 Å². The summed E-state index contributed by atoms with van der Waals surface area (Å²) >= 11 is 0. The number of benzene rings is 1. The zero-order valence-electron chi connectivity index (χ0n) is 10.2. The molecule has 0 aliphatic carbocycles. The molecule has 0 fully saturated rings. The lowest BCUT2D eigenvalue weighted by atomic mass is 10.2. The maximum absolute atomic E-state index is 12.1. The van der Waals surface area contributed by atoms with Crippen molar-refractivity contribution in [3.05, 3.63) is 23.8 Å². The fourth-order valence-electron chi connectivity index (χ4n) is 1.47. The lowest BCUT2D eigenvalue weighted by Gasteiger charge is -2.14. The van der Waals surface area contributed by atoms with E-state index in [2.05, 4.69) is 5.32 Å². The van der Waals surface area contributed by atoms with Gasteiger partial charge in [0.05, 0.1) is 15.8 Å². The maximum atomic E-state index is 12.1. The number of hydrogen-bond donors (Lipinski definition) is 1. The molecule has 90 valence electrons. The molecule has 0 radical (unpaired) electrons. The third-order valence-electron chi connectivity index (χ3n) is 2.43. The van der Waals surface area contributed by atoms with Crippen molar-refractivity contribution in [3.63, 3.8) is 0 Å². The molecule has 0 saturated carbocycles. The molecule has 0 aliphatic rings. The highest BCUT2D eigenvalue weighted by molar-refractivity contribution is 7.92. The monoisotopic (exact) mass is 241 g/mol. The van der Waals surface area contributed by atoms with Gasteiger partial charge in [0.2, 0.25) is 0 Å². The number of rotatable bonds is 4. The van der Waals surface area contributed by atoms with Crippen molar-refractivity contribution in [2.24, 2.45) is 0 Å². The van der Waals surface area contributed by atoms with E-state index in [9.17, 15) is 8.42 Å². The summed E-state index contributed by atoms with van der Waals surface area (Å²) in [5.41, 5.74) is 1.76. The molecule has 0 atom stereocenters. The van der Waals surface area contributed by atoms with Gasteiger partial charge in [-0.05, 0) is 45.4 Å². The summed E-state index contributed by atoms with van der Waals surface area (Å²) in [5, 5.41) is 2.70. The normalized spacial score (nSPS) is 11.8. The Morgan fingerprint density at radius 3 is 2.44 bits per heavy atom. The number of sulfone groups is 1. The molecule has 16 heavy (non-hydrogen) atoms. The average Bonchev–Trinajstić information content (AvgIpc) is 2.17. The van der Waals surface area contributed by atoms with Crippen molar-refractivity contribution in [2.75, 3.05) is 11.9 Å². The molecule has 1 N–H and O–H groups in total. The Morgan fingerprint density at radius 2 is 1.94 bits per heavy atom. The summed E-state index contributed by atoms with van der Waals surface area (Å²) in [6.07, 6.45) is 0. The highest BCUT2D eigenvalue weighted by Crippen LogP contribution is 2.25. The second kappa shape index (κ2) is 4.87. The largest absolute Gasteiger partial charge is 0.384 e. The van der Waals surface area contributed by atoms with Gasteiger partial charge in [0.15, 0.2) is 9.84 Å². The molecule has 0 heterocycles. The molecule has 3 nitrogen and oxygen atoms in total. The molecule has 1 aromatic carbocycles. The first-order valence-electron chi connectivity index (χ1n) is 5.48. The Balaban J connectivity index is 3.33. The lowest BCUT2D eigenvalue weighted by molar-refractivity contribution is 0.587. The Morgan fingerprint density at radius 1 is 1.31 bits per heavy atom. The third-order valence-corrected chi connectivity index (χ3v) is 4.64. The topological polar surface area (TPSA) is 46.2 Å². The van der Waals surface area contributed by atoms with E-state index in [1.807, 2.05) is 26.0 Å². The summed E-state index contributed by atoms with van der Waals surface area (Å²) in [5.74, 6) is 0. The van der Waals surface area contributed by atoms with E-state index in [0.29, 0.717) is 17.1 Å². The van der Waals surface area contributed by atoms with Crippen LogP contribution in [0.3, 0.4) is 0 Å². The first kappa shape index (κ1) is 13.0. The van der Waals surface area contributed by atoms with E-state index in [4.69, 9.17) is 0 Å². The first-order chi connectivity index (χ1) is 7.39. The van der Waals surface area contributed by atoms with Crippen LogP contribution in [-0.2, 0) is 9.84 Å². The average molecular weight is 241 g/mol. The van der Waals surface area contributed by atoms with Crippen LogP contribution in [0.5, 0.6) is 0 Å². The highest BCUT2D eigenvalue weighted by Gasteiger charge is 2.22. The maximum Gasteiger partial charge on any atom is 0.182 e. The van der Waals surface area contributed by atoms with E-state index in [1.165, 1.54) is 0 Å². The molecule has 0 saturated heterocycles. The standard InChI is InChI=1S/C12H19NO2S/c1-5-13-11-8-10(4)6-7-12(11)16(14,15)9(2)3/h6-9,13H,5H2,1-4H3. The molecule has 0 aromatic heterocycles. The quantitative estimate of drug-likeness (QED) is 0.881. The molecule has 4 heteroatoms. The minimum atomic E-state index is -3.21. The predicted octanol–water partition coefficient (Wildman–Crippen LogP) is 2.61. The van der Waals surface area contributed by atoms with Crippen LogP contribution in [0.4, 0.5) is 5.69 Å². The van der Waals surface area contributed by atoms with Gasteiger partial charge < -0.3 is 5.32 Å². The Bertz CT molecular complexity index is 464. The van der Waals surface area contributed by atoms with Crippen molar-refractivity contribution in [3.8, 4) is 0 Å². The van der Waals surface area contributed by atoms with E-state index >= 15 is 0 Å². The van der Waals surface area contributed by atoms with Crippen molar-refractivity contribution in [1.82, 2.24) is 0 Å². The van der Waals surface area contributed by atoms with Gasteiger partial charge >= 0.3 is 0 Å². The van der Waals surface area contributed by atoms with Gasteiger partial charge in [-0.3, -0.25) is 0 Å². The molecule has 0 unspecified atom stereocenters. The zero-order chi connectivity index (χ0) is 12.3. The molecule has 0 bridgehead atoms. The van der Waals surface area contributed by atoms with Crippen LogP contribution in [0.2, 0.25) is 0 Å². The minimum absolute atomic E-state index is 0.396. The van der Waals surface area contributed by atoms with Gasteiger partial charge in [0.25, 0.3) is 0 Å². The molecule has 1 aromatic rings. The van der Waals surface area contributed by atoms with Crippen molar-refractivity contribution in [1.29, 1.82) is 0 Å². The van der Waals surface area contributed by atoms with Crippen LogP contribution in [0, 0.1) is 6.92 Å². The van der Waals surface area contributed by atoms with Crippen LogP contribution >= 0.6 is 0 Å². The number of hydrogen-bond acceptors (Lipinski definition) is 3. The summed E-state index contributed by atoms with van der Waals surface area (Å²) < 4.78 is 24.2. The second-order valence-corrected chi connectivity index (χ2v) is 6.60. The van der Waals surface area contributed by atoms with Crippen molar-refractivity contribution >= 4 is 15.5 Å². The van der Waals surface area contributed by atoms with Crippen LogP contribution in [0.25, 0.3) is 0 Å². The van der Waals surface area contributed by atoms with Gasteiger partial charge in [-0.25, -0.2) is 8.42 Å². The molecule has 0 aliphatic heterocycles. The summed E-state index contributed by atoms with van der Waals surface area (Å²) in [4.78, 5) is 0.398. The summed E-state index contributed by atoms with van der Waals surface area (Å²) in [6, 6.07) is 5.39. The predicted molar refractivity (Wildman–Crippen MR) is 67.7 cm³/mol. The highest BCUT2D eigenvalue weighted by atomic mass is 32.2. The van der Waals surface area contributed by atoms with E-state index in [1.54, 1.807) is 19.9 Å². The first-order valence-corrected chi connectivity index (χ1v) is 7.02. The summed E-state index contributed by atoms with van der Waals surface area (Å²) in [7, 11) is -3.21. The fraction of sp³-hybridized carbons (Fsp3) is 0.500. The van der Waals surface area contributed by atoms with Crippen LogP contribution in [0.1, 0.15) is 26.3 Å². The summed E-state index contributed by atoms with van der Waals surface area (Å²) in [6.45, 7) is 8.01. The lowest BCUT2D eigenvalue weighted by Crippen LogP contribution is -2.16. The van der Waals surface area contributed by atoms with Crippen molar-refractivity contribution < 1.29 is 8.42 Å². The zero-order valence-corrected chi connectivity index (χ0v) is 11.1.